The molecule has 1 amide bonds. The monoisotopic (exact) mass is 466 g/mol. The van der Waals surface area contributed by atoms with E-state index in [0.29, 0.717) is 24.5 Å². The maximum atomic E-state index is 12.9. The number of ether oxygens (including phenoxy) is 2. The van der Waals surface area contributed by atoms with Crippen LogP contribution in [0, 0.1) is 6.92 Å². The van der Waals surface area contributed by atoms with Crippen molar-refractivity contribution in [1.29, 1.82) is 0 Å². The summed E-state index contributed by atoms with van der Waals surface area (Å²) < 4.78 is 37.4. The minimum atomic E-state index is -3.74. The molecule has 166 valence electrons. The summed E-state index contributed by atoms with van der Waals surface area (Å²) in [5.74, 6) is -1.10. The molecule has 2 aromatic carbocycles. The summed E-state index contributed by atoms with van der Waals surface area (Å²) in [6.45, 7) is 4.77. The molecule has 0 saturated carbocycles. The Morgan fingerprint density at radius 3 is 2.52 bits per heavy atom. The van der Waals surface area contributed by atoms with E-state index in [9.17, 15) is 18.0 Å². The summed E-state index contributed by atoms with van der Waals surface area (Å²) in [6, 6.07) is 8.88. The van der Waals surface area contributed by atoms with Crippen LogP contribution in [-0.2, 0) is 19.5 Å². The van der Waals surface area contributed by atoms with Crippen molar-refractivity contribution < 1.29 is 27.5 Å². The molecule has 1 aliphatic heterocycles. The Bertz CT molecular complexity index is 1100. The van der Waals surface area contributed by atoms with Crippen molar-refractivity contribution >= 4 is 39.2 Å². The van der Waals surface area contributed by atoms with Gasteiger partial charge < -0.3 is 14.8 Å². The van der Waals surface area contributed by atoms with Crippen molar-refractivity contribution in [2.45, 2.75) is 18.7 Å². The average Bonchev–Trinajstić information content (AvgIpc) is 2.76. The van der Waals surface area contributed by atoms with E-state index in [-0.39, 0.29) is 40.7 Å². The van der Waals surface area contributed by atoms with Gasteiger partial charge in [0, 0.05) is 24.3 Å². The molecule has 0 radical (unpaired) electrons. The first-order valence-electron chi connectivity index (χ1n) is 9.70. The fourth-order valence-electron chi connectivity index (χ4n) is 3.11. The molecule has 1 N–H and O–H groups in total. The molecular formula is C21H23ClN2O6S. The number of nitrogens with one attached hydrogen (secondary N) is 1. The first kappa shape index (κ1) is 23.2. The summed E-state index contributed by atoms with van der Waals surface area (Å²) in [6.07, 6.45) is 0. The number of hydrogen-bond acceptors (Lipinski definition) is 6. The molecule has 1 aliphatic rings. The Kier molecular flexibility index (Phi) is 7.32. The number of esters is 1. The van der Waals surface area contributed by atoms with Crippen LogP contribution in [0.15, 0.2) is 41.3 Å². The topological polar surface area (TPSA) is 102 Å². The van der Waals surface area contributed by atoms with Crippen LogP contribution in [0.1, 0.15) is 33.2 Å². The molecular weight excluding hydrogens is 444 g/mol. The Morgan fingerprint density at radius 2 is 1.84 bits per heavy atom. The molecule has 0 bridgehead atoms. The minimum Gasteiger partial charge on any atom is -0.462 e. The highest BCUT2D eigenvalue weighted by atomic mass is 35.5. The van der Waals surface area contributed by atoms with Crippen LogP contribution in [0.25, 0.3) is 0 Å². The molecule has 0 atom stereocenters. The van der Waals surface area contributed by atoms with Crippen molar-refractivity contribution in [3.8, 4) is 0 Å². The zero-order valence-electron chi connectivity index (χ0n) is 17.2. The normalized spacial score (nSPS) is 14.8. The van der Waals surface area contributed by atoms with Crippen molar-refractivity contribution in [2.75, 3.05) is 38.2 Å². The van der Waals surface area contributed by atoms with Crippen LogP contribution >= 0.6 is 11.6 Å². The van der Waals surface area contributed by atoms with Gasteiger partial charge in [-0.25, -0.2) is 13.2 Å². The molecule has 0 unspecified atom stereocenters. The fourth-order valence-corrected chi connectivity index (χ4v) is 4.74. The highest BCUT2D eigenvalue weighted by molar-refractivity contribution is 7.89. The number of benzene rings is 2. The summed E-state index contributed by atoms with van der Waals surface area (Å²) in [4.78, 5) is 25.0. The molecule has 1 fully saturated rings. The van der Waals surface area contributed by atoms with Crippen molar-refractivity contribution in [3.05, 3.63) is 58.1 Å². The van der Waals surface area contributed by atoms with Crippen molar-refractivity contribution in [2.24, 2.45) is 0 Å². The van der Waals surface area contributed by atoms with E-state index >= 15 is 0 Å². The molecule has 0 spiro atoms. The number of morpholine rings is 1. The third-order valence-electron chi connectivity index (χ3n) is 4.78. The van der Waals surface area contributed by atoms with Crippen LogP contribution in [0.2, 0.25) is 5.02 Å². The molecule has 0 aromatic heterocycles. The Morgan fingerprint density at radius 1 is 1.13 bits per heavy atom. The standard InChI is InChI=1S/C21H23ClN2O6S/c1-3-30-21(26)18-12-15(5-7-19(18)22)23-20(25)17-13-16(6-4-14(17)2)31(27,28)24-8-10-29-11-9-24/h4-7,12-13H,3,8-11H2,1-2H3,(H,23,25). The summed E-state index contributed by atoms with van der Waals surface area (Å²) in [5.41, 5.74) is 1.28. The number of amides is 1. The largest absolute Gasteiger partial charge is 0.462 e. The first-order valence-corrected chi connectivity index (χ1v) is 11.5. The van der Waals surface area contributed by atoms with Crippen LogP contribution in [-0.4, -0.2) is 57.5 Å². The molecule has 8 nitrogen and oxygen atoms in total. The quantitative estimate of drug-likeness (QED) is 0.656. The van der Waals surface area contributed by atoms with E-state index in [0.717, 1.165) is 0 Å². The minimum absolute atomic E-state index is 0.0356. The summed E-state index contributed by atoms with van der Waals surface area (Å²) in [7, 11) is -3.74. The lowest BCUT2D eigenvalue weighted by atomic mass is 10.1. The number of hydrogen-bond donors (Lipinski definition) is 1. The number of sulfonamides is 1. The molecule has 31 heavy (non-hydrogen) atoms. The van der Waals surface area contributed by atoms with Crippen molar-refractivity contribution in [1.82, 2.24) is 4.31 Å². The van der Waals surface area contributed by atoms with Gasteiger partial charge >= 0.3 is 5.97 Å². The van der Waals surface area contributed by atoms with E-state index in [1.54, 1.807) is 26.0 Å². The molecule has 1 heterocycles. The van der Waals surface area contributed by atoms with Crippen LogP contribution < -0.4 is 5.32 Å². The fraction of sp³-hybridized carbons (Fsp3) is 0.333. The lowest BCUT2D eigenvalue weighted by Crippen LogP contribution is -2.40. The van der Waals surface area contributed by atoms with Gasteiger partial charge in [-0.05, 0) is 49.7 Å². The Labute approximate surface area is 186 Å². The highest BCUT2D eigenvalue weighted by Crippen LogP contribution is 2.24. The average molecular weight is 467 g/mol. The number of halogens is 1. The van der Waals surface area contributed by atoms with E-state index < -0.39 is 21.9 Å². The van der Waals surface area contributed by atoms with Gasteiger partial charge in [-0.2, -0.15) is 4.31 Å². The third kappa shape index (κ3) is 5.24. The van der Waals surface area contributed by atoms with Gasteiger partial charge in [0.05, 0.1) is 35.3 Å². The number of carbonyl (C=O) groups is 2. The second-order valence-electron chi connectivity index (χ2n) is 6.86. The number of nitrogens with zero attached hydrogens (tertiary/aromatic N) is 1. The number of carbonyl (C=O) groups excluding carboxylic acids is 2. The van der Waals surface area contributed by atoms with E-state index in [4.69, 9.17) is 21.1 Å². The summed E-state index contributed by atoms with van der Waals surface area (Å²) in [5, 5.41) is 2.89. The third-order valence-corrected chi connectivity index (χ3v) is 7.01. The van der Waals surface area contributed by atoms with Crippen LogP contribution in [0.5, 0.6) is 0 Å². The number of aryl methyl sites for hydroxylation is 1. The molecule has 10 heteroatoms. The van der Waals surface area contributed by atoms with E-state index in [1.807, 2.05) is 0 Å². The zero-order chi connectivity index (χ0) is 22.6. The maximum absolute atomic E-state index is 12.9. The van der Waals surface area contributed by atoms with Gasteiger partial charge in [0.15, 0.2) is 0 Å². The lowest BCUT2D eigenvalue weighted by Gasteiger charge is -2.26. The number of anilines is 1. The first-order chi connectivity index (χ1) is 14.7. The molecule has 1 saturated heterocycles. The highest BCUT2D eigenvalue weighted by Gasteiger charge is 2.27. The zero-order valence-corrected chi connectivity index (χ0v) is 18.8. The van der Waals surface area contributed by atoms with E-state index in [1.165, 1.54) is 28.6 Å². The van der Waals surface area contributed by atoms with Crippen LogP contribution in [0.4, 0.5) is 5.69 Å². The second kappa shape index (κ2) is 9.78. The molecule has 0 aliphatic carbocycles. The van der Waals surface area contributed by atoms with Gasteiger partial charge in [-0.15, -0.1) is 0 Å². The predicted molar refractivity (Wildman–Crippen MR) is 116 cm³/mol. The molecule has 2 aromatic rings. The van der Waals surface area contributed by atoms with Gasteiger partial charge in [-0.3, -0.25) is 4.79 Å². The maximum Gasteiger partial charge on any atom is 0.339 e. The predicted octanol–water partition coefficient (Wildman–Crippen LogP) is 3.10. The van der Waals surface area contributed by atoms with Gasteiger partial charge in [0.25, 0.3) is 5.91 Å². The summed E-state index contributed by atoms with van der Waals surface area (Å²) >= 11 is 6.06. The second-order valence-corrected chi connectivity index (χ2v) is 9.21. The van der Waals surface area contributed by atoms with Gasteiger partial charge in [0.2, 0.25) is 10.0 Å². The Balaban J connectivity index is 1.86. The van der Waals surface area contributed by atoms with Gasteiger partial charge in [-0.1, -0.05) is 17.7 Å². The lowest BCUT2D eigenvalue weighted by molar-refractivity contribution is 0.0526. The van der Waals surface area contributed by atoms with Crippen LogP contribution in [0.3, 0.4) is 0 Å². The smallest absolute Gasteiger partial charge is 0.339 e. The van der Waals surface area contributed by atoms with Crippen molar-refractivity contribution in [3.63, 3.8) is 0 Å². The number of rotatable bonds is 6. The Hall–Kier alpha value is -2.46. The van der Waals surface area contributed by atoms with Gasteiger partial charge in [0.1, 0.15) is 0 Å². The molecule has 3 rings (SSSR count). The SMILES string of the molecule is CCOC(=O)c1cc(NC(=O)c2cc(S(=O)(=O)N3CCOCC3)ccc2C)ccc1Cl. The van der Waals surface area contributed by atoms with E-state index in [2.05, 4.69) is 5.32 Å².